The van der Waals surface area contributed by atoms with Crippen molar-refractivity contribution in [2.45, 2.75) is 78.4 Å². The maximum atomic E-state index is 12.7. The normalized spacial score (nSPS) is 17.4. The van der Waals surface area contributed by atoms with Gasteiger partial charge >= 0.3 is 12.2 Å². The molecule has 9 heteroatoms. The molecule has 2 amide bonds. The van der Waals surface area contributed by atoms with Crippen LogP contribution in [-0.4, -0.2) is 63.0 Å². The van der Waals surface area contributed by atoms with E-state index in [2.05, 4.69) is 10.1 Å². The summed E-state index contributed by atoms with van der Waals surface area (Å²) in [4.78, 5) is 33.0. The van der Waals surface area contributed by atoms with Crippen LogP contribution in [0, 0.1) is 6.92 Å². The molecule has 0 saturated carbocycles. The highest BCUT2D eigenvalue weighted by Crippen LogP contribution is 2.31. The first-order valence-corrected chi connectivity index (χ1v) is 11.1. The molecular formula is C23H35N5O4. The van der Waals surface area contributed by atoms with E-state index in [9.17, 15) is 9.59 Å². The molecule has 3 heterocycles. The molecule has 1 fully saturated rings. The summed E-state index contributed by atoms with van der Waals surface area (Å²) in [6, 6.07) is 1.93. The number of aromatic nitrogens is 3. The lowest BCUT2D eigenvalue weighted by atomic mass is 9.94. The van der Waals surface area contributed by atoms with Gasteiger partial charge in [0.05, 0.1) is 11.4 Å². The molecule has 1 unspecified atom stereocenters. The number of piperidine rings is 1. The zero-order chi connectivity index (χ0) is 23.8. The number of aryl methyl sites for hydroxylation is 1. The third-order valence-corrected chi connectivity index (χ3v) is 5.19. The average molecular weight is 446 g/mol. The van der Waals surface area contributed by atoms with Crippen molar-refractivity contribution in [3.63, 3.8) is 0 Å². The summed E-state index contributed by atoms with van der Waals surface area (Å²) >= 11 is 0. The van der Waals surface area contributed by atoms with Crippen LogP contribution in [0.25, 0.3) is 5.65 Å². The van der Waals surface area contributed by atoms with Crippen molar-refractivity contribution < 1.29 is 19.1 Å². The largest absolute Gasteiger partial charge is 0.444 e. The molecule has 0 aromatic carbocycles. The number of fused-ring (bicyclic) bond motifs is 1. The highest BCUT2D eigenvalue weighted by atomic mass is 16.6. The fourth-order valence-electron chi connectivity index (χ4n) is 3.89. The first kappa shape index (κ1) is 23.8. The van der Waals surface area contributed by atoms with Gasteiger partial charge < -0.3 is 14.4 Å². The molecule has 1 aliphatic heterocycles. The number of carbonyl (C=O) groups excluding carboxylic acids is 2. The van der Waals surface area contributed by atoms with E-state index in [0.717, 1.165) is 18.5 Å². The fraction of sp³-hybridized carbons (Fsp3) is 0.652. The Labute approximate surface area is 189 Å². The van der Waals surface area contributed by atoms with Crippen LogP contribution >= 0.6 is 0 Å². The number of ether oxygens (including phenoxy) is 2. The Bertz CT molecular complexity index is 1000. The van der Waals surface area contributed by atoms with Crippen LogP contribution in [0.1, 0.15) is 71.7 Å². The van der Waals surface area contributed by atoms with E-state index in [1.165, 1.54) is 4.90 Å². The lowest BCUT2D eigenvalue weighted by molar-refractivity contribution is 0.0196. The van der Waals surface area contributed by atoms with Gasteiger partial charge in [-0.2, -0.15) is 5.10 Å². The highest BCUT2D eigenvalue weighted by molar-refractivity contribution is 5.93. The summed E-state index contributed by atoms with van der Waals surface area (Å²) < 4.78 is 12.9. The molecule has 0 aliphatic carbocycles. The minimum atomic E-state index is -0.603. The predicted molar refractivity (Wildman–Crippen MR) is 122 cm³/mol. The maximum absolute atomic E-state index is 12.7. The Morgan fingerprint density at radius 1 is 1.12 bits per heavy atom. The smallest absolute Gasteiger partial charge is 0.414 e. The Kier molecular flexibility index (Phi) is 6.40. The van der Waals surface area contributed by atoms with Crippen LogP contribution < -0.4 is 4.90 Å². The molecule has 0 spiro atoms. The van der Waals surface area contributed by atoms with Gasteiger partial charge in [-0.3, -0.25) is 4.90 Å². The molecule has 3 rings (SSSR count). The van der Waals surface area contributed by atoms with Crippen molar-refractivity contribution in [2.75, 3.05) is 25.0 Å². The third kappa shape index (κ3) is 5.31. The van der Waals surface area contributed by atoms with Crippen molar-refractivity contribution >= 4 is 23.5 Å². The topological polar surface area (TPSA) is 89.3 Å². The van der Waals surface area contributed by atoms with Gasteiger partial charge in [-0.15, -0.1) is 0 Å². The SMILES string of the molecule is Cc1nn2c(C3CCCN(C(=O)OC(C)(C)C)C3)ccnc2c1N(C)C(=O)OC(C)(C)C. The third-order valence-electron chi connectivity index (χ3n) is 5.19. The Morgan fingerprint density at radius 3 is 2.41 bits per heavy atom. The lowest BCUT2D eigenvalue weighted by Crippen LogP contribution is -2.42. The van der Waals surface area contributed by atoms with E-state index in [1.54, 1.807) is 22.7 Å². The van der Waals surface area contributed by atoms with Gasteiger partial charge in [0.25, 0.3) is 0 Å². The van der Waals surface area contributed by atoms with Gasteiger partial charge in [-0.25, -0.2) is 19.1 Å². The van der Waals surface area contributed by atoms with Gasteiger partial charge in [0.1, 0.15) is 16.9 Å². The average Bonchev–Trinajstić information content (AvgIpc) is 3.00. The molecule has 2 aromatic rings. The number of carbonyl (C=O) groups is 2. The zero-order valence-electron chi connectivity index (χ0n) is 20.4. The monoisotopic (exact) mass is 445 g/mol. The highest BCUT2D eigenvalue weighted by Gasteiger charge is 2.31. The van der Waals surface area contributed by atoms with Crippen molar-refractivity contribution in [1.82, 2.24) is 19.5 Å². The van der Waals surface area contributed by atoms with Crippen LogP contribution in [-0.2, 0) is 9.47 Å². The quantitative estimate of drug-likeness (QED) is 0.675. The van der Waals surface area contributed by atoms with Gasteiger partial charge in [-0.1, -0.05) is 0 Å². The second-order valence-electron chi connectivity index (χ2n) is 10.3. The fourth-order valence-corrected chi connectivity index (χ4v) is 3.89. The molecule has 0 N–H and O–H groups in total. The van der Waals surface area contributed by atoms with Crippen molar-refractivity contribution in [3.8, 4) is 0 Å². The van der Waals surface area contributed by atoms with Gasteiger partial charge in [-0.05, 0) is 67.4 Å². The summed E-state index contributed by atoms with van der Waals surface area (Å²) in [5, 5.41) is 4.69. The summed E-state index contributed by atoms with van der Waals surface area (Å²) in [7, 11) is 1.66. The van der Waals surface area contributed by atoms with Crippen LogP contribution in [0.2, 0.25) is 0 Å². The van der Waals surface area contributed by atoms with Gasteiger partial charge in [0.2, 0.25) is 0 Å². The van der Waals surface area contributed by atoms with Gasteiger partial charge in [0.15, 0.2) is 5.65 Å². The van der Waals surface area contributed by atoms with E-state index in [4.69, 9.17) is 9.47 Å². The van der Waals surface area contributed by atoms with Crippen molar-refractivity contribution in [3.05, 3.63) is 23.7 Å². The van der Waals surface area contributed by atoms with E-state index in [-0.39, 0.29) is 12.0 Å². The predicted octanol–water partition coefficient (Wildman–Crippen LogP) is 4.52. The molecule has 32 heavy (non-hydrogen) atoms. The van der Waals surface area contributed by atoms with Crippen LogP contribution in [0.5, 0.6) is 0 Å². The van der Waals surface area contributed by atoms with E-state index < -0.39 is 17.3 Å². The van der Waals surface area contributed by atoms with Crippen LogP contribution in [0.15, 0.2) is 12.3 Å². The Morgan fingerprint density at radius 2 is 1.78 bits per heavy atom. The Balaban J connectivity index is 1.90. The molecule has 0 radical (unpaired) electrons. The number of likely N-dealkylation sites (tertiary alicyclic amines) is 1. The van der Waals surface area contributed by atoms with E-state index in [1.807, 2.05) is 54.5 Å². The minimum absolute atomic E-state index is 0.0840. The molecule has 1 atom stereocenters. The van der Waals surface area contributed by atoms with E-state index in [0.29, 0.717) is 30.1 Å². The first-order valence-electron chi connectivity index (χ1n) is 11.1. The van der Waals surface area contributed by atoms with Crippen molar-refractivity contribution in [2.24, 2.45) is 0 Å². The number of amides is 2. The maximum Gasteiger partial charge on any atom is 0.414 e. The molecule has 2 aromatic heterocycles. The molecule has 9 nitrogen and oxygen atoms in total. The number of anilines is 1. The second-order valence-corrected chi connectivity index (χ2v) is 10.3. The number of hydrogen-bond acceptors (Lipinski definition) is 6. The molecule has 1 aliphatic rings. The number of rotatable bonds is 2. The number of hydrogen-bond donors (Lipinski definition) is 0. The molecular weight excluding hydrogens is 410 g/mol. The zero-order valence-corrected chi connectivity index (χ0v) is 20.4. The minimum Gasteiger partial charge on any atom is -0.444 e. The summed E-state index contributed by atoms with van der Waals surface area (Å²) in [5.74, 6) is 0.0840. The standard InChI is InChI=1S/C23H35N5O4/c1-15-18(26(8)20(29)31-22(2,3)4)19-24-12-11-17(28(19)25-15)16-10-9-13-27(14-16)21(30)32-23(5,6)7/h11-12,16H,9-10,13-14H2,1-8H3. The van der Waals surface area contributed by atoms with Gasteiger partial charge in [0, 0.05) is 32.3 Å². The molecule has 1 saturated heterocycles. The summed E-state index contributed by atoms with van der Waals surface area (Å²) in [5.41, 5.74) is 1.69. The van der Waals surface area contributed by atoms with Crippen LogP contribution in [0.4, 0.5) is 15.3 Å². The first-order chi connectivity index (χ1) is 14.8. The summed E-state index contributed by atoms with van der Waals surface area (Å²) in [6.07, 6.45) is 2.77. The molecule has 0 bridgehead atoms. The lowest BCUT2D eigenvalue weighted by Gasteiger charge is -2.34. The Hall–Kier alpha value is -2.84. The van der Waals surface area contributed by atoms with E-state index >= 15 is 0 Å². The van der Waals surface area contributed by atoms with Crippen LogP contribution in [0.3, 0.4) is 0 Å². The number of nitrogens with zero attached hydrogens (tertiary/aromatic N) is 5. The second kappa shape index (κ2) is 8.60. The van der Waals surface area contributed by atoms with Crippen molar-refractivity contribution in [1.29, 1.82) is 0 Å². The summed E-state index contributed by atoms with van der Waals surface area (Å²) in [6.45, 7) is 14.2. The molecule has 176 valence electrons.